The minimum Gasteiger partial charge on any atom is -0.456 e. The van der Waals surface area contributed by atoms with Crippen LogP contribution in [0.15, 0.2) is 65.8 Å². The van der Waals surface area contributed by atoms with Gasteiger partial charge in [-0.1, -0.05) is 71.4 Å². The summed E-state index contributed by atoms with van der Waals surface area (Å²) >= 11 is 6.55. The number of pyridine rings is 1. The lowest BCUT2D eigenvalue weighted by Gasteiger charge is -2.15. The lowest BCUT2D eigenvalue weighted by molar-refractivity contribution is 0.0280. The van der Waals surface area contributed by atoms with E-state index in [0.717, 1.165) is 16.7 Å². The first-order chi connectivity index (χ1) is 16.2. The summed E-state index contributed by atoms with van der Waals surface area (Å²) in [5.74, 6) is 0. The lowest BCUT2D eigenvalue weighted by Crippen LogP contribution is -2.33. The Hall–Kier alpha value is -3.46. The third kappa shape index (κ3) is 3.62. The first-order valence-corrected chi connectivity index (χ1v) is 10.9. The molecular weight excluding hydrogens is 444 g/mol. The van der Waals surface area contributed by atoms with Gasteiger partial charge in [0.25, 0.3) is 6.01 Å². The fraction of sp³-hybridized carbons (Fsp3) is 0.208. The van der Waals surface area contributed by atoms with Gasteiger partial charge < -0.3 is 24.4 Å². The highest BCUT2D eigenvalue weighted by molar-refractivity contribution is 6.33. The van der Waals surface area contributed by atoms with E-state index in [0.29, 0.717) is 40.2 Å². The van der Waals surface area contributed by atoms with Crippen molar-refractivity contribution in [2.24, 2.45) is 5.16 Å². The number of nitrogens with one attached hydrogen (secondary N) is 1. The molecule has 4 aromatic rings. The number of halogens is 1. The summed E-state index contributed by atoms with van der Waals surface area (Å²) in [6.45, 7) is 0.522. The second kappa shape index (κ2) is 8.15. The van der Waals surface area contributed by atoms with Gasteiger partial charge in [-0.25, -0.2) is 4.98 Å². The van der Waals surface area contributed by atoms with Crippen molar-refractivity contribution in [3.05, 3.63) is 65.7 Å². The Morgan fingerprint density at radius 3 is 2.55 bits per heavy atom. The summed E-state index contributed by atoms with van der Waals surface area (Å²) < 4.78 is 17.3. The van der Waals surface area contributed by atoms with Gasteiger partial charge in [0.2, 0.25) is 0 Å². The fourth-order valence-corrected chi connectivity index (χ4v) is 4.52. The molecule has 0 amide bonds. The van der Waals surface area contributed by atoms with Crippen LogP contribution in [0.2, 0.25) is 5.02 Å². The van der Waals surface area contributed by atoms with E-state index in [9.17, 15) is 0 Å². The molecule has 8 nitrogen and oxygen atoms in total. The van der Waals surface area contributed by atoms with Crippen molar-refractivity contribution < 1.29 is 19.4 Å². The predicted molar refractivity (Wildman–Crippen MR) is 123 cm³/mol. The van der Waals surface area contributed by atoms with Crippen molar-refractivity contribution in [1.82, 2.24) is 15.0 Å². The van der Waals surface area contributed by atoms with Crippen LogP contribution in [0.25, 0.3) is 33.5 Å². The monoisotopic (exact) mass is 462 g/mol. The largest absolute Gasteiger partial charge is 0.456 e. The third-order valence-corrected chi connectivity index (χ3v) is 6.21. The van der Waals surface area contributed by atoms with Gasteiger partial charge in [-0.3, -0.25) is 0 Å². The van der Waals surface area contributed by atoms with Crippen LogP contribution in [-0.4, -0.2) is 57.4 Å². The molecule has 0 saturated carbocycles. The van der Waals surface area contributed by atoms with Gasteiger partial charge in [-0.05, 0) is 17.2 Å². The standard InChI is InChI=1S/C24H19ClN4O4/c25-16-10-17-23(27-20(16)15-8-6-14(7-9-15)13-4-2-1-3-5-13)28-24(26-17)33-19-12-32-21-18(29-30)11-31-22(19)21/h1-10,19,21-22,30H,11-12H2,(H,26,27,28)/b29-18+/t19?,21-,22-/m1/s1. The fourth-order valence-electron chi connectivity index (χ4n) is 4.26. The number of oxime groups is 1. The molecule has 4 heterocycles. The first-order valence-electron chi connectivity index (χ1n) is 10.5. The summed E-state index contributed by atoms with van der Waals surface area (Å²) in [4.78, 5) is 12.3. The molecule has 0 spiro atoms. The number of imidazole rings is 1. The smallest absolute Gasteiger partial charge is 0.296 e. The predicted octanol–water partition coefficient (Wildman–Crippen LogP) is 4.32. The number of hydrogen-bond acceptors (Lipinski definition) is 7. The van der Waals surface area contributed by atoms with E-state index in [2.05, 4.69) is 32.2 Å². The average Bonchev–Trinajstić information content (AvgIpc) is 3.55. The van der Waals surface area contributed by atoms with Crippen LogP contribution in [0.1, 0.15) is 0 Å². The topological polar surface area (TPSA) is 102 Å². The Bertz CT molecular complexity index is 1340. The van der Waals surface area contributed by atoms with Crippen molar-refractivity contribution in [1.29, 1.82) is 0 Å². The number of rotatable bonds is 4. The van der Waals surface area contributed by atoms with Crippen molar-refractivity contribution in [2.75, 3.05) is 13.2 Å². The minimum atomic E-state index is -0.401. The molecule has 2 aliphatic rings. The normalized spacial score (nSPS) is 23.3. The molecule has 9 heteroatoms. The molecule has 2 aromatic carbocycles. The molecule has 6 rings (SSSR count). The number of benzene rings is 2. The highest BCUT2D eigenvalue weighted by Crippen LogP contribution is 2.32. The van der Waals surface area contributed by atoms with Gasteiger partial charge in [-0.15, -0.1) is 0 Å². The van der Waals surface area contributed by atoms with E-state index in [1.807, 2.05) is 42.5 Å². The maximum absolute atomic E-state index is 9.05. The zero-order valence-electron chi connectivity index (χ0n) is 17.3. The van der Waals surface area contributed by atoms with Crippen molar-refractivity contribution >= 4 is 28.5 Å². The van der Waals surface area contributed by atoms with Crippen LogP contribution in [0, 0.1) is 0 Å². The summed E-state index contributed by atoms with van der Waals surface area (Å²) in [6, 6.07) is 20.4. The maximum atomic E-state index is 9.05. The quantitative estimate of drug-likeness (QED) is 0.346. The second-order valence-electron chi connectivity index (χ2n) is 7.95. The molecular formula is C24H19ClN4O4. The van der Waals surface area contributed by atoms with Crippen molar-refractivity contribution in [3.63, 3.8) is 0 Å². The number of fused-ring (bicyclic) bond motifs is 2. The van der Waals surface area contributed by atoms with Gasteiger partial charge >= 0.3 is 0 Å². The van der Waals surface area contributed by atoms with E-state index >= 15 is 0 Å². The summed E-state index contributed by atoms with van der Waals surface area (Å²) in [6.07, 6.45) is -1.13. The van der Waals surface area contributed by atoms with E-state index < -0.39 is 6.10 Å². The van der Waals surface area contributed by atoms with Gasteiger partial charge in [0.05, 0.1) is 29.4 Å². The summed E-state index contributed by atoms with van der Waals surface area (Å²) in [7, 11) is 0. The van der Waals surface area contributed by atoms with Gasteiger partial charge in [0, 0.05) is 5.56 Å². The van der Waals surface area contributed by atoms with Gasteiger partial charge in [0.15, 0.2) is 11.8 Å². The Kier molecular flexibility index (Phi) is 4.98. The first kappa shape index (κ1) is 20.2. The number of aromatic amines is 1. The Morgan fingerprint density at radius 1 is 1.00 bits per heavy atom. The van der Waals surface area contributed by atoms with E-state index in [1.54, 1.807) is 6.07 Å². The summed E-state index contributed by atoms with van der Waals surface area (Å²) in [5, 5.41) is 12.8. The molecule has 0 radical (unpaired) electrons. The number of H-pyrrole nitrogens is 1. The number of ether oxygens (including phenoxy) is 3. The van der Waals surface area contributed by atoms with Gasteiger partial charge in [-0.2, -0.15) is 4.98 Å². The molecule has 0 aliphatic carbocycles. The van der Waals surface area contributed by atoms with Crippen molar-refractivity contribution in [2.45, 2.75) is 18.3 Å². The highest BCUT2D eigenvalue weighted by Gasteiger charge is 2.48. The zero-order chi connectivity index (χ0) is 22.4. The van der Waals surface area contributed by atoms with Crippen LogP contribution in [-0.2, 0) is 9.47 Å². The highest BCUT2D eigenvalue weighted by atomic mass is 35.5. The number of nitrogens with zero attached hydrogens (tertiary/aromatic N) is 3. The third-order valence-electron chi connectivity index (χ3n) is 5.92. The molecule has 2 N–H and O–H groups in total. The molecule has 33 heavy (non-hydrogen) atoms. The second-order valence-corrected chi connectivity index (χ2v) is 8.36. The molecule has 3 atom stereocenters. The number of hydrogen-bond donors (Lipinski definition) is 2. The molecule has 0 bridgehead atoms. The maximum Gasteiger partial charge on any atom is 0.296 e. The molecule has 2 fully saturated rings. The van der Waals surface area contributed by atoms with Crippen LogP contribution in [0.5, 0.6) is 6.01 Å². The van der Waals surface area contributed by atoms with Gasteiger partial charge in [0.1, 0.15) is 17.9 Å². The Balaban J connectivity index is 1.25. The molecule has 1 unspecified atom stereocenters. The molecule has 166 valence electrons. The molecule has 2 aliphatic heterocycles. The Morgan fingerprint density at radius 2 is 1.76 bits per heavy atom. The molecule has 2 aromatic heterocycles. The zero-order valence-corrected chi connectivity index (χ0v) is 18.1. The van der Waals surface area contributed by atoms with E-state index in [4.69, 9.17) is 31.0 Å². The summed E-state index contributed by atoms with van der Waals surface area (Å²) in [5.41, 5.74) is 5.44. The van der Waals surface area contributed by atoms with Crippen molar-refractivity contribution in [3.8, 4) is 28.4 Å². The van der Waals surface area contributed by atoms with Crippen LogP contribution in [0.4, 0.5) is 0 Å². The Labute approximate surface area is 193 Å². The van der Waals surface area contributed by atoms with E-state index in [1.165, 1.54) is 0 Å². The van der Waals surface area contributed by atoms with Crippen LogP contribution < -0.4 is 4.74 Å². The van der Waals surface area contributed by atoms with Crippen LogP contribution >= 0.6 is 11.6 Å². The van der Waals surface area contributed by atoms with Crippen LogP contribution in [0.3, 0.4) is 0 Å². The SMILES string of the molecule is O/N=C1\CO[C@@H]2C(Oc3nc4nc(-c5ccc(-c6ccccc6)cc5)c(Cl)cc4[nH]3)CO[C@H]12. The average molecular weight is 463 g/mol. The molecule has 2 saturated heterocycles. The van der Waals surface area contributed by atoms with E-state index in [-0.39, 0.29) is 18.8 Å². The minimum absolute atomic E-state index is 0.218. The number of aromatic nitrogens is 3. The lowest BCUT2D eigenvalue weighted by atomic mass is 10.0.